The van der Waals surface area contributed by atoms with Gasteiger partial charge in [-0.2, -0.15) is 0 Å². The first-order chi connectivity index (χ1) is 16.5. The number of thioether (sulfide) groups is 1. The van der Waals surface area contributed by atoms with E-state index < -0.39 is 11.9 Å². The van der Waals surface area contributed by atoms with Gasteiger partial charge >= 0.3 is 5.97 Å². The van der Waals surface area contributed by atoms with E-state index in [-0.39, 0.29) is 5.56 Å². The molecule has 176 valence electrons. The fourth-order valence-corrected chi connectivity index (χ4v) is 4.87. The van der Waals surface area contributed by atoms with Crippen molar-refractivity contribution in [3.05, 3.63) is 86.8 Å². The third-order valence-electron chi connectivity index (χ3n) is 5.59. The van der Waals surface area contributed by atoms with E-state index in [4.69, 9.17) is 14.2 Å². The second-order valence-electron chi connectivity index (χ2n) is 7.58. The molecule has 0 saturated carbocycles. The summed E-state index contributed by atoms with van der Waals surface area (Å²) in [4.78, 5) is 33.8. The Morgan fingerprint density at radius 2 is 1.82 bits per heavy atom. The summed E-state index contributed by atoms with van der Waals surface area (Å²) in [6.07, 6.45) is 0. The zero-order chi connectivity index (χ0) is 24.2. The number of esters is 1. The monoisotopic (exact) mass is 479 g/mol. The first-order valence-corrected chi connectivity index (χ1v) is 11.5. The zero-order valence-corrected chi connectivity index (χ0v) is 20.1. The van der Waals surface area contributed by atoms with Crippen molar-refractivity contribution in [1.29, 1.82) is 0 Å². The van der Waals surface area contributed by atoms with Crippen LogP contribution in [0, 0.1) is 0 Å². The van der Waals surface area contributed by atoms with Gasteiger partial charge in [0.05, 0.1) is 38.4 Å². The summed E-state index contributed by atoms with van der Waals surface area (Å²) in [5.74, 6) is 0.642. The Morgan fingerprint density at radius 3 is 2.50 bits per heavy atom. The Kier molecular flexibility index (Phi) is 6.93. The van der Waals surface area contributed by atoms with Crippen LogP contribution in [0.4, 0.5) is 5.82 Å². The van der Waals surface area contributed by atoms with Crippen LogP contribution in [0.1, 0.15) is 29.5 Å². The van der Waals surface area contributed by atoms with E-state index in [2.05, 4.69) is 15.3 Å². The summed E-state index contributed by atoms with van der Waals surface area (Å²) in [5, 5.41) is 3.61. The number of benzene rings is 2. The van der Waals surface area contributed by atoms with Crippen LogP contribution in [0.3, 0.4) is 0 Å². The summed E-state index contributed by atoms with van der Waals surface area (Å²) in [6.45, 7) is 1.76. The van der Waals surface area contributed by atoms with E-state index >= 15 is 0 Å². The van der Waals surface area contributed by atoms with E-state index in [1.807, 2.05) is 30.3 Å². The lowest BCUT2D eigenvalue weighted by atomic mass is 9.81. The Bertz CT molecular complexity index is 1300. The van der Waals surface area contributed by atoms with Gasteiger partial charge in [0.1, 0.15) is 5.82 Å². The van der Waals surface area contributed by atoms with Crippen LogP contribution < -0.4 is 20.3 Å². The fourth-order valence-electron chi connectivity index (χ4n) is 4.06. The third-order valence-corrected chi connectivity index (χ3v) is 6.53. The average Bonchev–Trinajstić information content (AvgIpc) is 2.86. The standard InChI is InChI=1S/C25H25N3O5S/c1-14-18(24(30)33-4)19(16-11-8-12-17(31-2)21(16)32-3)20-22(26-14)27-25(28-23(20)29)34-13-15-9-6-5-7-10-15/h5-12,19H,13H2,1-4H3,(H2,26,27,28,29). The highest BCUT2D eigenvalue weighted by molar-refractivity contribution is 7.98. The number of hydrogen-bond donors (Lipinski definition) is 2. The highest BCUT2D eigenvalue weighted by Crippen LogP contribution is 2.45. The van der Waals surface area contributed by atoms with Crippen molar-refractivity contribution in [3.63, 3.8) is 0 Å². The van der Waals surface area contributed by atoms with Gasteiger partial charge in [0.25, 0.3) is 5.56 Å². The SMILES string of the molecule is COC(=O)C1=C(C)Nc2nc(SCc3ccccc3)[nH]c(=O)c2C1c1cccc(OC)c1OC. The van der Waals surface area contributed by atoms with E-state index in [0.717, 1.165) is 5.56 Å². The number of aromatic amines is 1. The molecule has 4 rings (SSSR count). The van der Waals surface area contributed by atoms with Gasteiger partial charge in [-0.1, -0.05) is 54.2 Å². The van der Waals surface area contributed by atoms with E-state index in [9.17, 15) is 9.59 Å². The zero-order valence-electron chi connectivity index (χ0n) is 19.3. The molecule has 3 aromatic rings. The number of methoxy groups -OCH3 is 3. The maximum atomic E-state index is 13.4. The number of anilines is 1. The van der Waals surface area contributed by atoms with Crippen molar-refractivity contribution in [2.75, 3.05) is 26.6 Å². The molecule has 0 fully saturated rings. The highest BCUT2D eigenvalue weighted by atomic mass is 32.2. The van der Waals surface area contributed by atoms with Crippen molar-refractivity contribution in [2.45, 2.75) is 23.8 Å². The van der Waals surface area contributed by atoms with Crippen LogP contribution in [-0.4, -0.2) is 37.3 Å². The number of para-hydroxylation sites is 1. The quantitative estimate of drug-likeness (QED) is 0.297. The second kappa shape index (κ2) is 10.0. The molecule has 0 bridgehead atoms. The molecule has 1 aliphatic rings. The van der Waals surface area contributed by atoms with Crippen LogP contribution in [0.5, 0.6) is 11.5 Å². The number of rotatable bonds is 7. The van der Waals surface area contributed by atoms with Crippen molar-refractivity contribution in [3.8, 4) is 11.5 Å². The first kappa shape index (κ1) is 23.4. The van der Waals surface area contributed by atoms with Crippen molar-refractivity contribution in [2.24, 2.45) is 0 Å². The Hall–Kier alpha value is -3.72. The van der Waals surface area contributed by atoms with Crippen molar-refractivity contribution < 1.29 is 19.0 Å². The molecular weight excluding hydrogens is 454 g/mol. The summed E-state index contributed by atoms with van der Waals surface area (Å²) in [5.41, 5.74) is 2.52. The lowest BCUT2D eigenvalue weighted by Crippen LogP contribution is -2.31. The van der Waals surface area contributed by atoms with E-state index in [1.54, 1.807) is 25.1 Å². The van der Waals surface area contributed by atoms with Crippen molar-refractivity contribution in [1.82, 2.24) is 9.97 Å². The number of nitrogens with one attached hydrogen (secondary N) is 2. The molecule has 9 heteroatoms. The molecule has 2 N–H and O–H groups in total. The highest BCUT2D eigenvalue weighted by Gasteiger charge is 2.38. The molecule has 0 spiro atoms. The van der Waals surface area contributed by atoms with Gasteiger partial charge in [-0.3, -0.25) is 4.79 Å². The molecule has 0 saturated heterocycles. The van der Waals surface area contributed by atoms with Gasteiger partial charge in [0.15, 0.2) is 16.7 Å². The maximum absolute atomic E-state index is 13.4. The number of fused-ring (bicyclic) bond motifs is 1. The molecule has 8 nitrogen and oxygen atoms in total. The predicted octanol–water partition coefficient (Wildman–Crippen LogP) is 4.08. The lowest BCUT2D eigenvalue weighted by Gasteiger charge is -2.29. The largest absolute Gasteiger partial charge is 0.493 e. The summed E-state index contributed by atoms with van der Waals surface area (Å²) in [7, 11) is 4.36. The fraction of sp³-hybridized carbons (Fsp3) is 0.240. The Labute approximate surface area is 201 Å². The Morgan fingerprint density at radius 1 is 1.06 bits per heavy atom. The summed E-state index contributed by atoms with van der Waals surface area (Å²) in [6, 6.07) is 15.3. The number of H-pyrrole nitrogens is 1. The molecule has 0 radical (unpaired) electrons. The number of ether oxygens (including phenoxy) is 3. The molecule has 1 unspecified atom stereocenters. The molecule has 34 heavy (non-hydrogen) atoms. The third kappa shape index (κ3) is 4.38. The molecule has 2 aromatic carbocycles. The van der Waals surface area contributed by atoms with E-state index in [1.165, 1.54) is 33.1 Å². The molecule has 1 aromatic heterocycles. The molecule has 2 heterocycles. The molecule has 0 amide bonds. The van der Waals surface area contributed by atoms with Crippen molar-refractivity contribution >= 4 is 23.5 Å². The second-order valence-corrected chi connectivity index (χ2v) is 8.54. The van der Waals surface area contributed by atoms with Gasteiger partial charge in [-0.05, 0) is 18.6 Å². The number of carbonyl (C=O) groups is 1. The van der Waals surface area contributed by atoms with Gasteiger partial charge in [-0.15, -0.1) is 0 Å². The van der Waals surface area contributed by atoms with Gasteiger partial charge in [0, 0.05) is 17.0 Å². The average molecular weight is 480 g/mol. The minimum absolute atomic E-state index is 0.304. The van der Waals surface area contributed by atoms with Crippen LogP contribution in [-0.2, 0) is 15.3 Å². The molecule has 1 aliphatic heterocycles. The van der Waals surface area contributed by atoms with Crippen LogP contribution >= 0.6 is 11.8 Å². The van der Waals surface area contributed by atoms with E-state index in [0.29, 0.717) is 50.6 Å². The van der Waals surface area contributed by atoms with Crippen LogP contribution in [0.2, 0.25) is 0 Å². The lowest BCUT2D eigenvalue weighted by molar-refractivity contribution is -0.136. The number of nitrogens with zero attached hydrogens (tertiary/aromatic N) is 1. The first-order valence-electron chi connectivity index (χ1n) is 10.6. The number of hydrogen-bond acceptors (Lipinski definition) is 8. The molecular formula is C25H25N3O5S. The van der Waals surface area contributed by atoms with Gasteiger partial charge < -0.3 is 24.5 Å². The maximum Gasteiger partial charge on any atom is 0.336 e. The number of carbonyl (C=O) groups excluding carboxylic acids is 1. The molecule has 0 aliphatic carbocycles. The number of allylic oxidation sites excluding steroid dienone is 1. The van der Waals surface area contributed by atoms with Crippen LogP contribution in [0.15, 0.2) is 69.8 Å². The van der Waals surface area contributed by atoms with Gasteiger partial charge in [-0.25, -0.2) is 9.78 Å². The Balaban J connectivity index is 1.84. The minimum Gasteiger partial charge on any atom is -0.493 e. The minimum atomic E-state index is -0.766. The summed E-state index contributed by atoms with van der Waals surface area (Å²) < 4.78 is 16.1. The predicted molar refractivity (Wildman–Crippen MR) is 131 cm³/mol. The topological polar surface area (TPSA) is 103 Å². The number of aromatic nitrogens is 2. The van der Waals surface area contributed by atoms with Crippen LogP contribution in [0.25, 0.3) is 0 Å². The molecule has 1 atom stereocenters. The smallest absolute Gasteiger partial charge is 0.336 e. The summed E-state index contributed by atoms with van der Waals surface area (Å²) >= 11 is 1.43. The van der Waals surface area contributed by atoms with Gasteiger partial charge in [0.2, 0.25) is 0 Å². The normalized spacial score (nSPS) is 14.8.